The average Bonchev–Trinajstić information content (AvgIpc) is 2.86. The number of rotatable bonds is 4. The molecule has 0 saturated heterocycles. The van der Waals surface area contributed by atoms with Crippen LogP contribution in [-0.2, 0) is 6.61 Å². The van der Waals surface area contributed by atoms with Gasteiger partial charge in [0, 0.05) is 17.1 Å². The fourth-order valence-corrected chi connectivity index (χ4v) is 2.51. The molecule has 0 bridgehead atoms. The van der Waals surface area contributed by atoms with Gasteiger partial charge < -0.3 is 9.30 Å². The molecule has 0 unspecified atom stereocenters. The molecule has 0 aliphatic heterocycles. The third kappa shape index (κ3) is 3.00. The van der Waals surface area contributed by atoms with Gasteiger partial charge in [0.25, 0.3) is 0 Å². The van der Waals surface area contributed by atoms with Gasteiger partial charge in [-0.3, -0.25) is 0 Å². The fraction of sp³-hybridized carbons (Fsp3) is 0.158. The van der Waals surface area contributed by atoms with Crippen LogP contribution in [0.25, 0.3) is 5.69 Å². The Bertz CT molecular complexity index is 692. The van der Waals surface area contributed by atoms with Crippen molar-refractivity contribution in [2.24, 2.45) is 0 Å². The maximum atomic E-state index is 5.82. The van der Waals surface area contributed by atoms with Crippen LogP contribution in [0, 0.1) is 13.8 Å². The average molecular weight is 277 g/mol. The zero-order valence-corrected chi connectivity index (χ0v) is 12.4. The molecule has 0 atom stereocenters. The Balaban J connectivity index is 1.73. The number of aromatic nitrogens is 1. The SMILES string of the molecule is Cc1ccc(C)n1-c1ccc(OCc2ccccc2)cc1. The molecule has 0 saturated carbocycles. The minimum Gasteiger partial charge on any atom is -0.489 e. The molecule has 2 heteroatoms. The van der Waals surface area contributed by atoms with E-state index in [1.165, 1.54) is 22.6 Å². The van der Waals surface area contributed by atoms with Gasteiger partial charge in [-0.1, -0.05) is 30.3 Å². The molecule has 0 amide bonds. The number of aryl methyl sites for hydroxylation is 2. The zero-order valence-electron chi connectivity index (χ0n) is 12.4. The normalized spacial score (nSPS) is 10.6. The highest BCUT2D eigenvalue weighted by atomic mass is 16.5. The molecule has 0 radical (unpaired) electrons. The molecule has 0 aliphatic rings. The molecule has 0 N–H and O–H groups in total. The summed E-state index contributed by atoms with van der Waals surface area (Å²) in [6.07, 6.45) is 0. The first-order valence-corrected chi connectivity index (χ1v) is 7.16. The monoisotopic (exact) mass is 277 g/mol. The summed E-state index contributed by atoms with van der Waals surface area (Å²) in [6, 6.07) is 22.7. The van der Waals surface area contributed by atoms with E-state index in [9.17, 15) is 0 Å². The molecule has 0 aliphatic carbocycles. The van der Waals surface area contributed by atoms with Crippen molar-refractivity contribution in [3.05, 3.63) is 83.7 Å². The molecule has 106 valence electrons. The molecule has 2 nitrogen and oxygen atoms in total. The Morgan fingerprint density at radius 1 is 0.762 bits per heavy atom. The van der Waals surface area contributed by atoms with E-state index in [4.69, 9.17) is 4.74 Å². The van der Waals surface area contributed by atoms with Crippen LogP contribution in [0.5, 0.6) is 5.75 Å². The third-order valence-corrected chi connectivity index (χ3v) is 3.61. The topological polar surface area (TPSA) is 14.2 Å². The Kier molecular flexibility index (Phi) is 3.78. The van der Waals surface area contributed by atoms with Gasteiger partial charge in [-0.05, 0) is 55.8 Å². The Hall–Kier alpha value is -2.48. The maximum Gasteiger partial charge on any atom is 0.119 e. The van der Waals surface area contributed by atoms with Gasteiger partial charge in [0.1, 0.15) is 12.4 Å². The number of ether oxygens (including phenoxy) is 1. The molecule has 0 spiro atoms. The summed E-state index contributed by atoms with van der Waals surface area (Å²) in [5.74, 6) is 0.894. The van der Waals surface area contributed by atoms with Crippen molar-refractivity contribution < 1.29 is 4.74 Å². The van der Waals surface area contributed by atoms with Gasteiger partial charge in [-0.15, -0.1) is 0 Å². The van der Waals surface area contributed by atoms with Crippen LogP contribution < -0.4 is 4.74 Å². The minimum atomic E-state index is 0.599. The predicted molar refractivity (Wildman–Crippen MR) is 86.0 cm³/mol. The second-order valence-electron chi connectivity index (χ2n) is 5.22. The molecule has 3 rings (SSSR count). The van der Waals surface area contributed by atoms with E-state index in [0.29, 0.717) is 6.61 Å². The summed E-state index contributed by atoms with van der Waals surface area (Å²) in [5, 5.41) is 0. The van der Waals surface area contributed by atoms with Gasteiger partial charge in [0.15, 0.2) is 0 Å². The van der Waals surface area contributed by atoms with Gasteiger partial charge in [-0.2, -0.15) is 0 Å². The van der Waals surface area contributed by atoms with Gasteiger partial charge in [-0.25, -0.2) is 0 Å². The van der Waals surface area contributed by atoms with E-state index in [1.54, 1.807) is 0 Å². The smallest absolute Gasteiger partial charge is 0.119 e. The first-order valence-electron chi connectivity index (χ1n) is 7.16. The molecule has 3 aromatic rings. The quantitative estimate of drug-likeness (QED) is 0.675. The highest BCUT2D eigenvalue weighted by molar-refractivity contribution is 5.41. The zero-order chi connectivity index (χ0) is 14.7. The van der Waals surface area contributed by atoms with Crippen LogP contribution in [0.15, 0.2) is 66.7 Å². The fourth-order valence-electron chi connectivity index (χ4n) is 2.51. The van der Waals surface area contributed by atoms with Crippen LogP contribution in [0.4, 0.5) is 0 Å². The first-order chi connectivity index (χ1) is 10.2. The van der Waals surface area contributed by atoms with Crippen LogP contribution in [0.2, 0.25) is 0 Å². The van der Waals surface area contributed by atoms with Crippen molar-refractivity contribution >= 4 is 0 Å². The summed E-state index contributed by atoms with van der Waals surface area (Å²) in [6.45, 7) is 4.83. The minimum absolute atomic E-state index is 0.599. The summed E-state index contributed by atoms with van der Waals surface area (Å²) in [7, 11) is 0. The van der Waals surface area contributed by atoms with E-state index in [0.717, 1.165) is 5.75 Å². The maximum absolute atomic E-state index is 5.82. The largest absolute Gasteiger partial charge is 0.489 e. The molecular weight excluding hydrogens is 258 g/mol. The molecule has 2 aromatic carbocycles. The Labute approximate surface area is 125 Å². The third-order valence-electron chi connectivity index (χ3n) is 3.61. The summed E-state index contributed by atoms with van der Waals surface area (Å²) >= 11 is 0. The number of hydrogen-bond acceptors (Lipinski definition) is 1. The second-order valence-corrected chi connectivity index (χ2v) is 5.22. The van der Waals surface area contributed by atoms with E-state index >= 15 is 0 Å². The predicted octanol–water partition coefficient (Wildman–Crippen LogP) is 4.67. The van der Waals surface area contributed by atoms with E-state index in [2.05, 4.69) is 54.8 Å². The highest BCUT2D eigenvalue weighted by Crippen LogP contribution is 2.20. The Morgan fingerprint density at radius 3 is 2.00 bits per heavy atom. The van der Waals surface area contributed by atoms with E-state index in [-0.39, 0.29) is 0 Å². The standard InChI is InChI=1S/C19H19NO/c1-15-8-9-16(2)20(15)18-10-12-19(13-11-18)21-14-17-6-4-3-5-7-17/h3-13H,14H2,1-2H3. The van der Waals surface area contributed by atoms with Crippen molar-refractivity contribution in [1.82, 2.24) is 4.57 Å². The van der Waals surface area contributed by atoms with E-state index < -0.39 is 0 Å². The number of hydrogen-bond donors (Lipinski definition) is 0. The molecule has 0 fully saturated rings. The van der Waals surface area contributed by atoms with Crippen LogP contribution in [0.3, 0.4) is 0 Å². The van der Waals surface area contributed by atoms with Crippen molar-refractivity contribution in [2.45, 2.75) is 20.5 Å². The lowest BCUT2D eigenvalue weighted by atomic mass is 10.2. The van der Waals surface area contributed by atoms with Gasteiger partial charge >= 0.3 is 0 Å². The molecule has 21 heavy (non-hydrogen) atoms. The van der Waals surface area contributed by atoms with E-state index in [1.807, 2.05) is 30.3 Å². The molecule has 1 aromatic heterocycles. The van der Waals surface area contributed by atoms with Crippen molar-refractivity contribution in [3.63, 3.8) is 0 Å². The lowest BCUT2D eigenvalue weighted by Gasteiger charge is -2.11. The molecular formula is C19H19NO. The van der Waals surface area contributed by atoms with Crippen LogP contribution in [0.1, 0.15) is 17.0 Å². The van der Waals surface area contributed by atoms with Crippen molar-refractivity contribution in [3.8, 4) is 11.4 Å². The van der Waals surface area contributed by atoms with Crippen LogP contribution >= 0.6 is 0 Å². The first kappa shape index (κ1) is 13.5. The number of benzene rings is 2. The lowest BCUT2D eigenvalue weighted by Crippen LogP contribution is -1.99. The molecule has 1 heterocycles. The lowest BCUT2D eigenvalue weighted by molar-refractivity contribution is 0.306. The van der Waals surface area contributed by atoms with Crippen molar-refractivity contribution in [2.75, 3.05) is 0 Å². The Morgan fingerprint density at radius 2 is 1.38 bits per heavy atom. The highest BCUT2D eigenvalue weighted by Gasteiger charge is 2.04. The van der Waals surface area contributed by atoms with Gasteiger partial charge in [0.05, 0.1) is 0 Å². The van der Waals surface area contributed by atoms with Crippen LogP contribution in [-0.4, -0.2) is 4.57 Å². The summed E-state index contributed by atoms with van der Waals surface area (Å²) < 4.78 is 8.05. The number of nitrogens with zero attached hydrogens (tertiary/aromatic N) is 1. The summed E-state index contributed by atoms with van der Waals surface area (Å²) in [4.78, 5) is 0. The van der Waals surface area contributed by atoms with Gasteiger partial charge in [0.2, 0.25) is 0 Å². The van der Waals surface area contributed by atoms with Crippen molar-refractivity contribution in [1.29, 1.82) is 0 Å². The summed E-state index contributed by atoms with van der Waals surface area (Å²) in [5.41, 5.74) is 4.83. The second kappa shape index (κ2) is 5.88.